The monoisotopic (exact) mass is 176 g/mol. The molecule has 0 aliphatic rings. The highest BCUT2D eigenvalue weighted by atomic mass is 28.3. The van der Waals surface area contributed by atoms with E-state index in [1.165, 1.54) is 0 Å². The lowest BCUT2D eigenvalue weighted by molar-refractivity contribution is 0.143. The van der Waals surface area contributed by atoms with Crippen LogP contribution in [0.3, 0.4) is 0 Å². The van der Waals surface area contributed by atoms with Crippen LogP contribution in [0.2, 0.25) is 18.1 Å². The predicted molar refractivity (Wildman–Crippen MR) is 50.3 cm³/mol. The molecular weight excluding hydrogens is 156 g/mol. The summed E-state index contributed by atoms with van der Waals surface area (Å²) in [5.41, 5.74) is -0.498. The zero-order valence-corrected chi connectivity index (χ0v) is 9.18. The lowest BCUT2D eigenvalue weighted by Crippen LogP contribution is -2.51. The van der Waals surface area contributed by atoms with Gasteiger partial charge < -0.3 is 10.2 Å². The Bertz CT molecular complexity index is 127. The van der Waals surface area contributed by atoms with Crippen LogP contribution >= 0.6 is 0 Å². The van der Waals surface area contributed by atoms with Gasteiger partial charge in [-0.3, -0.25) is 0 Å². The smallest absolute Gasteiger partial charge is 0.0894 e. The van der Waals surface area contributed by atoms with E-state index in [-0.39, 0.29) is 11.6 Å². The van der Waals surface area contributed by atoms with Crippen molar-refractivity contribution in [2.45, 2.75) is 44.6 Å². The number of hydrogen-bond donors (Lipinski definition) is 2. The van der Waals surface area contributed by atoms with Crippen molar-refractivity contribution in [3.8, 4) is 0 Å². The van der Waals surface area contributed by atoms with Gasteiger partial charge in [0.05, 0.1) is 20.4 Å². The van der Waals surface area contributed by atoms with Gasteiger partial charge in [0.25, 0.3) is 0 Å². The highest BCUT2D eigenvalue weighted by Gasteiger charge is 2.41. The third-order valence-corrected chi connectivity index (χ3v) is 8.65. The SMILES string of the molecule is CC(C)(C)[Si](C)(C)[C@@H](O)CO. The van der Waals surface area contributed by atoms with Gasteiger partial charge in [0.15, 0.2) is 0 Å². The Morgan fingerprint density at radius 3 is 1.73 bits per heavy atom. The first kappa shape index (κ1) is 11.1. The summed E-state index contributed by atoms with van der Waals surface area (Å²) < 4.78 is 0. The molecule has 0 unspecified atom stereocenters. The average Bonchev–Trinajstić information content (AvgIpc) is 1.83. The molecule has 0 spiro atoms. The highest BCUT2D eigenvalue weighted by Crippen LogP contribution is 2.37. The second-order valence-corrected chi connectivity index (χ2v) is 10.3. The molecule has 2 nitrogen and oxygen atoms in total. The minimum Gasteiger partial charge on any atom is -0.394 e. The summed E-state index contributed by atoms with van der Waals surface area (Å²) in [5.74, 6) is 0. The van der Waals surface area contributed by atoms with Crippen LogP contribution in [0.15, 0.2) is 0 Å². The molecule has 11 heavy (non-hydrogen) atoms. The lowest BCUT2D eigenvalue weighted by Gasteiger charge is -2.39. The molecule has 0 radical (unpaired) electrons. The van der Waals surface area contributed by atoms with E-state index in [0.29, 0.717) is 0 Å². The Balaban J connectivity index is 4.45. The van der Waals surface area contributed by atoms with Gasteiger partial charge in [0.2, 0.25) is 0 Å². The van der Waals surface area contributed by atoms with E-state index < -0.39 is 13.8 Å². The highest BCUT2D eigenvalue weighted by molar-refractivity contribution is 6.81. The Kier molecular flexibility index (Phi) is 3.29. The van der Waals surface area contributed by atoms with Crippen molar-refractivity contribution >= 4 is 8.07 Å². The Hall–Kier alpha value is 0.137. The van der Waals surface area contributed by atoms with E-state index in [0.717, 1.165) is 0 Å². The van der Waals surface area contributed by atoms with E-state index in [4.69, 9.17) is 5.11 Å². The van der Waals surface area contributed by atoms with E-state index in [1.807, 2.05) is 0 Å². The van der Waals surface area contributed by atoms with E-state index in [9.17, 15) is 5.11 Å². The van der Waals surface area contributed by atoms with E-state index in [1.54, 1.807) is 0 Å². The maximum absolute atomic E-state index is 9.53. The van der Waals surface area contributed by atoms with Gasteiger partial charge in [0.1, 0.15) is 0 Å². The largest absolute Gasteiger partial charge is 0.394 e. The third-order valence-electron chi connectivity index (χ3n) is 2.94. The molecule has 3 heteroatoms. The molecule has 0 saturated heterocycles. The molecule has 0 rings (SSSR count). The molecule has 0 heterocycles. The predicted octanol–water partition coefficient (Wildman–Crippen LogP) is 1.39. The van der Waals surface area contributed by atoms with Crippen molar-refractivity contribution in [2.24, 2.45) is 0 Å². The van der Waals surface area contributed by atoms with Crippen molar-refractivity contribution in [1.82, 2.24) is 0 Å². The summed E-state index contributed by atoms with van der Waals surface area (Å²) in [4.78, 5) is 0. The van der Waals surface area contributed by atoms with Crippen LogP contribution in [0.25, 0.3) is 0 Å². The fourth-order valence-electron chi connectivity index (χ4n) is 0.728. The number of hydrogen-bond acceptors (Lipinski definition) is 2. The van der Waals surface area contributed by atoms with Crippen LogP contribution < -0.4 is 0 Å². The topological polar surface area (TPSA) is 40.5 Å². The summed E-state index contributed by atoms with van der Waals surface area (Å²) in [6.07, 6.45) is 0. The first-order chi connectivity index (χ1) is 4.73. The van der Waals surface area contributed by atoms with Crippen molar-refractivity contribution in [3.63, 3.8) is 0 Å². The van der Waals surface area contributed by atoms with Gasteiger partial charge in [-0.1, -0.05) is 33.9 Å². The van der Waals surface area contributed by atoms with Gasteiger partial charge in [-0.15, -0.1) is 0 Å². The van der Waals surface area contributed by atoms with Crippen LogP contribution in [0.4, 0.5) is 0 Å². The lowest BCUT2D eigenvalue weighted by atomic mass is 10.2. The van der Waals surface area contributed by atoms with E-state index in [2.05, 4.69) is 33.9 Å². The Morgan fingerprint density at radius 1 is 1.27 bits per heavy atom. The van der Waals surface area contributed by atoms with E-state index >= 15 is 0 Å². The minimum absolute atomic E-state index is 0.101. The molecular formula is C8H20O2Si. The van der Waals surface area contributed by atoms with Gasteiger partial charge in [-0.05, 0) is 5.04 Å². The minimum atomic E-state index is -1.70. The maximum atomic E-state index is 9.53. The van der Waals surface area contributed by atoms with Gasteiger partial charge in [-0.2, -0.15) is 0 Å². The molecule has 0 saturated carbocycles. The van der Waals surface area contributed by atoms with Crippen LogP contribution in [-0.2, 0) is 0 Å². The fraction of sp³-hybridized carbons (Fsp3) is 1.00. The molecule has 0 aromatic rings. The number of aliphatic hydroxyl groups is 2. The first-order valence-electron chi connectivity index (χ1n) is 4.02. The van der Waals surface area contributed by atoms with Crippen molar-refractivity contribution in [1.29, 1.82) is 0 Å². The second kappa shape index (κ2) is 3.25. The Morgan fingerprint density at radius 2 is 1.64 bits per heavy atom. The van der Waals surface area contributed by atoms with Crippen LogP contribution in [0.5, 0.6) is 0 Å². The zero-order chi connectivity index (χ0) is 9.28. The maximum Gasteiger partial charge on any atom is 0.0894 e. The molecule has 0 fully saturated rings. The summed E-state index contributed by atoms with van der Waals surface area (Å²) in [6, 6.07) is 0. The van der Waals surface area contributed by atoms with Crippen molar-refractivity contribution in [3.05, 3.63) is 0 Å². The normalized spacial score (nSPS) is 16.6. The average molecular weight is 176 g/mol. The molecule has 0 amide bonds. The molecule has 0 aromatic heterocycles. The first-order valence-corrected chi connectivity index (χ1v) is 7.10. The summed E-state index contributed by atoms with van der Waals surface area (Å²) in [7, 11) is -1.70. The Labute approximate surface area is 70.3 Å². The molecule has 1 atom stereocenters. The summed E-state index contributed by atoms with van der Waals surface area (Å²) in [5, 5.41) is 18.5. The fourth-order valence-corrected chi connectivity index (χ4v) is 2.18. The van der Waals surface area contributed by atoms with Crippen LogP contribution in [0.1, 0.15) is 20.8 Å². The van der Waals surface area contributed by atoms with Gasteiger partial charge in [0, 0.05) is 0 Å². The quantitative estimate of drug-likeness (QED) is 0.624. The molecule has 0 aliphatic carbocycles. The van der Waals surface area contributed by atoms with Gasteiger partial charge in [-0.25, -0.2) is 0 Å². The molecule has 0 aromatic carbocycles. The molecule has 0 bridgehead atoms. The number of aliphatic hydroxyl groups excluding tert-OH is 2. The summed E-state index contributed by atoms with van der Waals surface area (Å²) >= 11 is 0. The van der Waals surface area contributed by atoms with Gasteiger partial charge >= 0.3 is 0 Å². The summed E-state index contributed by atoms with van der Waals surface area (Å²) in [6.45, 7) is 10.5. The number of rotatable bonds is 2. The molecule has 68 valence electrons. The zero-order valence-electron chi connectivity index (χ0n) is 8.18. The molecule has 2 N–H and O–H groups in total. The third kappa shape index (κ3) is 2.29. The van der Waals surface area contributed by atoms with Crippen molar-refractivity contribution in [2.75, 3.05) is 6.61 Å². The standard InChI is InChI=1S/C8H20O2Si/c1-8(2,3)11(4,5)7(10)6-9/h7,9-10H,6H2,1-5H3/t7-/m1/s1. The molecule has 0 aliphatic heterocycles. The second-order valence-electron chi connectivity index (χ2n) is 4.67. The van der Waals surface area contributed by atoms with Crippen molar-refractivity contribution < 1.29 is 10.2 Å². The van der Waals surface area contributed by atoms with Crippen LogP contribution in [-0.4, -0.2) is 30.6 Å². The van der Waals surface area contributed by atoms with Crippen LogP contribution in [0, 0.1) is 0 Å².